The number of carbonyl (C=O) groups excluding carboxylic acids is 1. The van der Waals surface area contributed by atoms with Gasteiger partial charge in [-0.1, -0.05) is 19.1 Å². The fourth-order valence-electron chi connectivity index (χ4n) is 2.75. The normalized spacial score (nSPS) is 10.0. The smallest absolute Gasteiger partial charge is 0.554 e. The van der Waals surface area contributed by atoms with Gasteiger partial charge in [-0.15, -0.1) is 0 Å². The molecule has 0 spiro atoms. The zero-order chi connectivity index (χ0) is 17.1. The van der Waals surface area contributed by atoms with Gasteiger partial charge in [0, 0.05) is 6.47 Å². The van der Waals surface area contributed by atoms with Crippen molar-refractivity contribution in [1.82, 2.24) is 0 Å². The van der Waals surface area contributed by atoms with Crippen LogP contribution < -0.4 is 40.1 Å². The maximum Gasteiger partial charge on any atom is 1.00 e. The maximum atomic E-state index is 12.7. The van der Waals surface area contributed by atoms with Crippen molar-refractivity contribution in [2.45, 2.75) is 34.1 Å². The summed E-state index contributed by atoms with van der Waals surface area (Å²) in [4.78, 5) is 21.0. The van der Waals surface area contributed by atoms with E-state index in [0.29, 0.717) is 10.8 Å². The molecule has 0 radical (unpaired) electrons. The third-order valence-electron chi connectivity index (χ3n) is 4.06. The van der Waals surface area contributed by atoms with E-state index in [2.05, 4.69) is 13.0 Å². The molecular formula is C19H19NaO4. The second-order valence-corrected chi connectivity index (χ2v) is 5.57. The number of rotatable bonds is 1. The van der Waals surface area contributed by atoms with Crippen molar-refractivity contribution in [3.05, 3.63) is 56.7 Å². The first-order valence-corrected chi connectivity index (χ1v) is 7.46. The van der Waals surface area contributed by atoms with Gasteiger partial charge in [-0.05, 0) is 61.6 Å². The van der Waals surface area contributed by atoms with Crippen molar-refractivity contribution in [2.75, 3.05) is 0 Å². The van der Waals surface area contributed by atoms with Crippen LogP contribution in [0.2, 0.25) is 0 Å². The monoisotopic (exact) mass is 334 g/mol. The Hall–Kier alpha value is -1.62. The first-order valence-electron chi connectivity index (χ1n) is 7.46. The first kappa shape index (κ1) is 20.4. The van der Waals surface area contributed by atoms with Gasteiger partial charge >= 0.3 is 29.6 Å². The predicted octanol–water partition coefficient (Wildman–Crippen LogP) is -0.196. The van der Waals surface area contributed by atoms with Crippen molar-refractivity contribution >= 4 is 28.4 Å². The van der Waals surface area contributed by atoms with Gasteiger partial charge in [0.25, 0.3) is 0 Å². The van der Waals surface area contributed by atoms with Crippen molar-refractivity contribution in [3.63, 3.8) is 0 Å². The second kappa shape index (κ2) is 8.47. The van der Waals surface area contributed by atoms with Gasteiger partial charge in [-0.2, -0.15) is 0 Å². The number of fused-ring (bicyclic) bond motifs is 2. The Balaban J connectivity index is 0.000000671. The fraction of sp³-hybridized carbons (Fsp3) is 0.263. The Labute approximate surface area is 162 Å². The minimum Gasteiger partial charge on any atom is -0.554 e. The summed E-state index contributed by atoms with van der Waals surface area (Å²) >= 11 is 0. The molecule has 0 aliphatic heterocycles. The minimum absolute atomic E-state index is 0. The van der Waals surface area contributed by atoms with Crippen LogP contribution in [0.3, 0.4) is 0 Å². The van der Waals surface area contributed by atoms with Crippen LogP contribution in [-0.2, 0) is 11.2 Å². The fourth-order valence-corrected chi connectivity index (χ4v) is 2.75. The van der Waals surface area contributed by atoms with E-state index in [9.17, 15) is 4.79 Å². The minimum atomic E-state index is -0.500. The topological polar surface area (TPSA) is 70.3 Å². The third kappa shape index (κ3) is 3.72. The van der Waals surface area contributed by atoms with Crippen molar-refractivity contribution in [1.29, 1.82) is 0 Å². The van der Waals surface area contributed by atoms with E-state index < -0.39 is 6.47 Å². The zero-order valence-electron chi connectivity index (χ0n) is 14.7. The number of hydrogen-bond donors (Lipinski definition) is 0. The van der Waals surface area contributed by atoms with Crippen molar-refractivity contribution in [2.24, 2.45) is 0 Å². The third-order valence-corrected chi connectivity index (χ3v) is 4.06. The molecule has 2 aromatic carbocycles. The molecule has 0 bridgehead atoms. The van der Waals surface area contributed by atoms with Crippen molar-refractivity contribution < 1.29 is 43.9 Å². The van der Waals surface area contributed by atoms with Crippen LogP contribution in [-0.4, -0.2) is 6.47 Å². The average Bonchev–Trinajstić information content (AvgIpc) is 2.52. The molecular weight excluding hydrogens is 315 g/mol. The summed E-state index contributed by atoms with van der Waals surface area (Å²) in [6, 6.07) is 7.88. The van der Waals surface area contributed by atoms with Gasteiger partial charge in [0.2, 0.25) is 5.43 Å². The first-order chi connectivity index (χ1) is 10.9. The van der Waals surface area contributed by atoms with Gasteiger partial charge in [0.15, 0.2) is 0 Å². The molecule has 0 atom stereocenters. The zero-order valence-corrected chi connectivity index (χ0v) is 16.7. The van der Waals surface area contributed by atoms with Crippen LogP contribution in [0.1, 0.15) is 29.2 Å². The molecule has 1 heterocycles. The standard InChI is InChI=1S/C18H18O2.CH2O2.Na/c1-5-13-8-10(2)9-15-16(19)14-7-6-11(3)12(4)17(14)20-18(13)15;2-1-3;/h6-9H,5H2,1-4H3;1H,(H,2,3);/q;;+1/p-1. The number of hydrogen-bond acceptors (Lipinski definition) is 4. The van der Waals surface area contributed by atoms with Crippen LogP contribution in [0.15, 0.2) is 33.5 Å². The van der Waals surface area contributed by atoms with Gasteiger partial charge in [0.05, 0.1) is 10.8 Å². The Morgan fingerprint density at radius 3 is 2.29 bits per heavy atom. The van der Waals surface area contributed by atoms with Gasteiger partial charge in [-0.25, -0.2) is 0 Å². The summed E-state index contributed by atoms with van der Waals surface area (Å²) in [5.41, 5.74) is 5.92. The molecule has 0 saturated heterocycles. The molecule has 3 rings (SSSR count). The van der Waals surface area contributed by atoms with Crippen LogP contribution in [0, 0.1) is 20.8 Å². The molecule has 0 saturated carbocycles. The van der Waals surface area contributed by atoms with Crippen LogP contribution >= 0.6 is 0 Å². The second-order valence-electron chi connectivity index (χ2n) is 5.57. The Bertz CT molecular complexity index is 942. The summed E-state index contributed by atoms with van der Waals surface area (Å²) in [6.45, 7) is 7.64. The summed E-state index contributed by atoms with van der Waals surface area (Å²) in [5.74, 6) is 0. The molecule has 1 aromatic heterocycles. The predicted molar refractivity (Wildman–Crippen MR) is 89.6 cm³/mol. The molecule has 3 aromatic rings. The van der Waals surface area contributed by atoms with Crippen molar-refractivity contribution in [3.8, 4) is 0 Å². The van der Waals surface area contributed by atoms with Crippen LogP contribution in [0.25, 0.3) is 21.9 Å². The molecule has 0 aliphatic carbocycles. The summed E-state index contributed by atoms with van der Waals surface area (Å²) in [7, 11) is 0. The number of carbonyl (C=O) groups is 1. The van der Waals surface area contributed by atoms with E-state index >= 15 is 0 Å². The van der Waals surface area contributed by atoms with Gasteiger partial charge in [0.1, 0.15) is 11.2 Å². The Morgan fingerprint density at radius 1 is 1.08 bits per heavy atom. The molecule has 5 heteroatoms. The number of aryl methyl sites for hydroxylation is 4. The van der Waals surface area contributed by atoms with Crippen LogP contribution in [0.4, 0.5) is 0 Å². The summed E-state index contributed by atoms with van der Waals surface area (Å²) in [5, 5.41) is 9.62. The summed E-state index contributed by atoms with van der Waals surface area (Å²) in [6.07, 6.45) is 0.859. The van der Waals surface area contributed by atoms with E-state index in [1.165, 1.54) is 0 Å². The van der Waals surface area contributed by atoms with E-state index in [-0.39, 0.29) is 35.0 Å². The molecule has 0 aliphatic rings. The quantitative estimate of drug-likeness (QED) is 0.351. The molecule has 0 amide bonds. The largest absolute Gasteiger partial charge is 1.00 e. The van der Waals surface area contributed by atoms with Crippen LogP contribution in [0.5, 0.6) is 0 Å². The molecule has 120 valence electrons. The number of benzene rings is 2. The summed E-state index contributed by atoms with van der Waals surface area (Å²) < 4.78 is 6.12. The molecule has 24 heavy (non-hydrogen) atoms. The van der Waals surface area contributed by atoms with E-state index in [4.69, 9.17) is 14.3 Å². The average molecular weight is 334 g/mol. The molecule has 4 nitrogen and oxygen atoms in total. The number of carboxylic acid groups (broad SMARTS) is 1. The molecule has 0 fully saturated rings. The Morgan fingerprint density at radius 2 is 1.71 bits per heavy atom. The molecule has 0 unspecified atom stereocenters. The van der Waals surface area contributed by atoms with E-state index in [0.717, 1.165) is 39.8 Å². The molecule has 0 N–H and O–H groups in total. The maximum absolute atomic E-state index is 12.7. The van der Waals surface area contributed by atoms with Gasteiger partial charge in [-0.3, -0.25) is 4.79 Å². The van der Waals surface area contributed by atoms with E-state index in [1.807, 2.05) is 39.0 Å². The van der Waals surface area contributed by atoms with E-state index in [1.54, 1.807) is 0 Å². The Kier molecular flexibility index (Phi) is 7.21. The van der Waals surface area contributed by atoms with Gasteiger partial charge < -0.3 is 14.3 Å². The SMILES string of the molecule is CCc1cc(C)cc2c(=O)c3ccc(C)c(C)c3oc12.O=C[O-].[Na+].